The molecule has 0 spiro atoms. The molecule has 2 aromatic rings. The molecule has 1 saturated carbocycles. The van der Waals surface area contributed by atoms with E-state index < -0.39 is 11.5 Å². The normalized spacial score (nSPS) is 17.1. The van der Waals surface area contributed by atoms with E-state index >= 15 is 0 Å². The first-order chi connectivity index (χ1) is 10.6. The third-order valence-corrected chi connectivity index (χ3v) is 4.15. The summed E-state index contributed by atoms with van der Waals surface area (Å²) in [4.78, 5) is 15.9. The van der Waals surface area contributed by atoms with E-state index in [0.29, 0.717) is 24.6 Å². The van der Waals surface area contributed by atoms with E-state index in [9.17, 15) is 9.90 Å². The number of aliphatic carboxylic acids is 1. The van der Waals surface area contributed by atoms with Gasteiger partial charge in [-0.2, -0.15) is 4.98 Å². The maximum atomic E-state index is 11.7. The van der Waals surface area contributed by atoms with Crippen LogP contribution < -0.4 is 5.32 Å². The summed E-state index contributed by atoms with van der Waals surface area (Å²) in [6.07, 6.45) is 4.26. The lowest BCUT2D eigenvalue weighted by Gasteiger charge is -2.35. The minimum atomic E-state index is -0.871. The summed E-state index contributed by atoms with van der Waals surface area (Å²) >= 11 is 0. The van der Waals surface area contributed by atoms with Crippen LogP contribution in [0.25, 0.3) is 11.4 Å². The maximum absolute atomic E-state index is 11.7. The number of anilines is 1. The lowest BCUT2D eigenvalue weighted by molar-refractivity contribution is -0.143. The Hall–Kier alpha value is -2.37. The third-order valence-electron chi connectivity index (χ3n) is 4.15. The zero-order chi connectivity index (χ0) is 15.6. The van der Waals surface area contributed by atoms with E-state index in [1.165, 1.54) is 0 Å². The van der Waals surface area contributed by atoms with Crippen molar-refractivity contribution in [2.45, 2.75) is 44.6 Å². The van der Waals surface area contributed by atoms with Gasteiger partial charge in [-0.15, -0.1) is 0 Å². The van der Waals surface area contributed by atoms with Crippen LogP contribution in [-0.2, 0) is 4.79 Å². The monoisotopic (exact) mass is 301 g/mol. The number of hydrogen-bond donors (Lipinski definition) is 2. The number of carboxylic acid groups (broad SMARTS) is 1. The number of rotatable bonds is 4. The molecule has 0 bridgehead atoms. The zero-order valence-corrected chi connectivity index (χ0v) is 12.5. The molecular weight excluding hydrogens is 282 g/mol. The van der Waals surface area contributed by atoms with Crippen molar-refractivity contribution in [1.82, 2.24) is 10.1 Å². The fourth-order valence-electron chi connectivity index (χ4n) is 2.98. The number of aromatic nitrogens is 2. The molecular formula is C16H19N3O3. The van der Waals surface area contributed by atoms with Gasteiger partial charge in [0.2, 0.25) is 11.7 Å². The first-order valence-corrected chi connectivity index (χ1v) is 7.51. The average Bonchev–Trinajstić information content (AvgIpc) is 2.95. The minimum absolute atomic E-state index is 0.502. The van der Waals surface area contributed by atoms with Crippen LogP contribution in [0.4, 0.5) is 5.69 Å². The molecule has 6 nitrogen and oxygen atoms in total. The van der Waals surface area contributed by atoms with Crippen molar-refractivity contribution < 1.29 is 14.4 Å². The Morgan fingerprint density at radius 3 is 2.73 bits per heavy atom. The van der Waals surface area contributed by atoms with Crippen LogP contribution in [0.3, 0.4) is 0 Å². The highest BCUT2D eigenvalue weighted by Gasteiger charge is 2.39. The topological polar surface area (TPSA) is 88.2 Å². The SMILES string of the molecule is Cc1nc(-c2cccc(NC3(C(=O)O)CCCCC3)c2)no1. The molecule has 0 amide bonds. The van der Waals surface area contributed by atoms with Gasteiger partial charge in [0.1, 0.15) is 5.54 Å². The van der Waals surface area contributed by atoms with Crippen LogP contribution >= 0.6 is 0 Å². The fourth-order valence-corrected chi connectivity index (χ4v) is 2.98. The second kappa shape index (κ2) is 5.79. The molecule has 0 radical (unpaired) electrons. The van der Waals surface area contributed by atoms with Crippen LogP contribution in [0.2, 0.25) is 0 Å². The Labute approximate surface area is 128 Å². The molecule has 0 saturated heterocycles. The average molecular weight is 301 g/mol. The molecule has 0 unspecified atom stereocenters. The van der Waals surface area contributed by atoms with Crippen molar-refractivity contribution in [2.24, 2.45) is 0 Å². The highest BCUT2D eigenvalue weighted by atomic mass is 16.5. The maximum Gasteiger partial charge on any atom is 0.329 e. The van der Waals surface area contributed by atoms with Crippen LogP contribution in [0.15, 0.2) is 28.8 Å². The largest absolute Gasteiger partial charge is 0.480 e. The molecule has 1 aliphatic rings. The molecule has 3 rings (SSSR count). The lowest BCUT2D eigenvalue weighted by atomic mass is 9.81. The van der Waals surface area contributed by atoms with Gasteiger partial charge in [-0.25, -0.2) is 4.79 Å². The third kappa shape index (κ3) is 2.81. The molecule has 1 aromatic carbocycles. The van der Waals surface area contributed by atoms with E-state index in [1.54, 1.807) is 6.92 Å². The number of aryl methyl sites for hydroxylation is 1. The summed E-state index contributed by atoms with van der Waals surface area (Å²) in [5.41, 5.74) is 0.701. The number of hydrogen-bond acceptors (Lipinski definition) is 5. The Morgan fingerprint density at radius 1 is 1.32 bits per heavy atom. The molecule has 2 N–H and O–H groups in total. The van der Waals surface area contributed by atoms with E-state index in [0.717, 1.165) is 30.5 Å². The Bertz CT molecular complexity index is 675. The summed E-state index contributed by atoms with van der Waals surface area (Å²) in [6, 6.07) is 7.48. The second-order valence-corrected chi connectivity index (χ2v) is 5.79. The number of carboxylic acids is 1. The molecule has 1 heterocycles. The predicted molar refractivity (Wildman–Crippen MR) is 81.5 cm³/mol. The van der Waals surface area contributed by atoms with Gasteiger partial charge < -0.3 is 14.9 Å². The van der Waals surface area contributed by atoms with Crippen molar-refractivity contribution in [1.29, 1.82) is 0 Å². The number of carbonyl (C=O) groups is 1. The van der Waals surface area contributed by atoms with Crippen molar-refractivity contribution in [3.63, 3.8) is 0 Å². The van der Waals surface area contributed by atoms with Crippen LogP contribution in [0, 0.1) is 6.92 Å². The van der Waals surface area contributed by atoms with Gasteiger partial charge in [-0.3, -0.25) is 0 Å². The molecule has 1 aliphatic carbocycles. The molecule has 1 aromatic heterocycles. The van der Waals surface area contributed by atoms with Crippen molar-refractivity contribution in [3.05, 3.63) is 30.2 Å². The standard InChI is InChI=1S/C16H19N3O3/c1-11-17-14(19-22-11)12-6-5-7-13(10-12)18-16(15(20)21)8-3-2-4-9-16/h5-7,10,18H,2-4,8-9H2,1H3,(H,20,21). The van der Waals surface area contributed by atoms with Gasteiger partial charge in [0.15, 0.2) is 0 Å². The van der Waals surface area contributed by atoms with Crippen molar-refractivity contribution in [2.75, 3.05) is 5.32 Å². The summed E-state index contributed by atoms with van der Waals surface area (Å²) in [5, 5.41) is 16.8. The fraction of sp³-hybridized carbons (Fsp3) is 0.438. The summed E-state index contributed by atoms with van der Waals surface area (Å²) in [6.45, 7) is 1.74. The van der Waals surface area contributed by atoms with Crippen LogP contribution in [-0.4, -0.2) is 26.8 Å². The lowest BCUT2D eigenvalue weighted by Crippen LogP contribution is -2.47. The highest BCUT2D eigenvalue weighted by Crippen LogP contribution is 2.33. The van der Waals surface area contributed by atoms with Crippen LogP contribution in [0.1, 0.15) is 38.0 Å². The second-order valence-electron chi connectivity index (χ2n) is 5.79. The van der Waals surface area contributed by atoms with Gasteiger partial charge in [0.25, 0.3) is 0 Å². The van der Waals surface area contributed by atoms with Gasteiger partial charge in [-0.1, -0.05) is 36.6 Å². The Kier molecular flexibility index (Phi) is 3.83. The smallest absolute Gasteiger partial charge is 0.329 e. The van der Waals surface area contributed by atoms with E-state index in [1.807, 2.05) is 24.3 Å². The summed E-state index contributed by atoms with van der Waals surface area (Å²) in [7, 11) is 0. The zero-order valence-electron chi connectivity index (χ0n) is 12.5. The molecule has 116 valence electrons. The Balaban J connectivity index is 1.87. The van der Waals surface area contributed by atoms with Gasteiger partial charge in [0, 0.05) is 18.2 Å². The van der Waals surface area contributed by atoms with Gasteiger partial charge in [0.05, 0.1) is 0 Å². The predicted octanol–water partition coefficient (Wildman–Crippen LogP) is 3.24. The molecule has 6 heteroatoms. The van der Waals surface area contributed by atoms with Gasteiger partial charge in [-0.05, 0) is 25.0 Å². The number of nitrogens with one attached hydrogen (secondary N) is 1. The van der Waals surface area contributed by atoms with Crippen LogP contribution in [0.5, 0.6) is 0 Å². The molecule has 1 fully saturated rings. The Morgan fingerprint density at radius 2 is 2.09 bits per heavy atom. The quantitative estimate of drug-likeness (QED) is 0.901. The van der Waals surface area contributed by atoms with Crippen molar-refractivity contribution in [3.8, 4) is 11.4 Å². The number of nitrogens with zero attached hydrogens (tertiary/aromatic N) is 2. The first kappa shape index (κ1) is 14.6. The highest BCUT2D eigenvalue weighted by molar-refractivity contribution is 5.83. The number of benzene rings is 1. The molecule has 22 heavy (non-hydrogen) atoms. The van der Waals surface area contributed by atoms with E-state index in [4.69, 9.17) is 4.52 Å². The van der Waals surface area contributed by atoms with E-state index in [2.05, 4.69) is 15.5 Å². The first-order valence-electron chi connectivity index (χ1n) is 7.51. The molecule has 0 atom stereocenters. The van der Waals surface area contributed by atoms with Crippen molar-refractivity contribution >= 4 is 11.7 Å². The summed E-state index contributed by atoms with van der Waals surface area (Å²) in [5.74, 6) is 0.227. The summed E-state index contributed by atoms with van der Waals surface area (Å²) < 4.78 is 4.99. The molecule has 0 aliphatic heterocycles. The van der Waals surface area contributed by atoms with Gasteiger partial charge >= 0.3 is 5.97 Å². The minimum Gasteiger partial charge on any atom is -0.480 e. The van der Waals surface area contributed by atoms with E-state index in [-0.39, 0.29) is 0 Å².